The fraction of sp³-hybridized carbons (Fsp3) is 1.00. The van der Waals surface area contributed by atoms with Crippen molar-refractivity contribution in [3.63, 3.8) is 0 Å². The van der Waals surface area contributed by atoms with Gasteiger partial charge in [-0.05, 0) is 45.2 Å². The predicted octanol–water partition coefficient (Wildman–Crippen LogP) is 2.89. The van der Waals surface area contributed by atoms with Crippen molar-refractivity contribution >= 4 is 0 Å². The zero-order chi connectivity index (χ0) is 12.2. The van der Waals surface area contributed by atoms with Crippen LogP contribution in [-0.4, -0.2) is 36.1 Å². The molecule has 1 aliphatic heterocycles. The molecule has 0 aromatic rings. The van der Waals surface area contributed by atoms with Crippen LogP contribution in [0.4, 0.5) is 0 Å². The Bertz CT molecular complexity index is 197. The van der Waals surface area contributed by atoms with E-state index in [1.54, 1.807) is 0 Å². The highest BCUT2D eigenvalue weighted by Gasteiger charge is 2.31. The van der Waals surface area contributed by atoms with E-state index in [2.05, 4.69) is 44.8 Å². The molecule has 0 aromatic carbocycles. The molecule has 1 atom stereocenters. The molecule has 1 heterocycles. The number of nitrogens with one attached hydrogen (secondary N) is 1. The zero-order valence-electron chi connectivity index (χ0n) is 11.8. The molecule has 1 unspecified atom stereocenters. The number of nitrogens with zero attached hydrogens (tertiary/aromatic N) is 1. The maximum Gasteiger partial charge on any atom is 0.0218 e. The quantitative estimate of drug-likeness (QED) is 0.793. The normalized spacial score (nSPS) is 24.8. The topological polar surface area (TPSA) is 15.3 Å². The second kappa shape index (κ2) is 6.02. The van der Waals surface area contributed by atoms with Crippen molar-refractivity contribution in [1.82, 2.24) is 10.2 Å². The first-order chi connectivity index (χ1) is 7.53. The van der Waals surface area contributed by atoms with E-state index in [9.17, 15) is 0 Å². The van der Waals surface area contributed by atoms with E-state index in [0.717, 1.165) is 5.92 Å². The van der Waals surface area contributed by atoms with Gasteiger partial charge in [-0.2, -0.15) is 0 Å². The highest BCUT2D eigenvalue weighted by molar-refractivity contribution is 4.89. The van der Waals surface area contributed by atoms with Crippen LogP contribution in [0.2, 0.25) is 0 Å². The van der Waals surface area contributed by atoms with Crippen LogP contribution < -0.4 is 5.32 Å². The van der Waals surface area contributed by atoms with E-state index in [1.165, 1.54) is 38.9 Å². The van der Waals surface area contributed by atoms with Gasteiger partial charge in [0, 0.05) is 18.1 Å². The van der Waals surface area contributed by atoms with Crippen LogP contribution in [0.1, 0.15) is 53.9 Å². The highest BCUT2D eigenvalue weighted by Crippen LogP contribution is 2.25. The molecule has 0 aromatic heterocycles. The lowest BCUT2D eigenvalue weighted by Gasteiger charge is -2.41. The fourth-order valence-electron chi connectivity index (χ4n) is 2.58. The van der Waals surface area contributed by atoms with Gasteiger partial charge in [-0.15, -0.1) is 0 Å². The van der Waals surface area contributed by atoms with E-state index < -0.39 is 0 Å². The summed E-state index contributed by atoms with van der Waals surface area (Å²) >= 11 is 0. The minimum absolute atomic E-state index is 0.402. The average Bonchev–Trinajstić information content (AvgIpc) is 2.54. The van der Waals surface area contributed by atoms with Gasteiger partial charge >= 0.3 is 0 Å². The number of hydrogen-bond donors (Lipinski definition) is 1. The Kier molecular flexibility index (Phi) is 5.26. The third kappa shape index (κ3) is 3.21. The SMILES string of the molecule is CCC(C)(CC)N1CCCNC(C(C)C)C1. The van der Waals surface area contributed by atoms with Crippen LogP contribution in [0.3, 0.4) is 0 Å². The molecule has 96 valence electrons. The van der Waals surface area contributed by atoms with Gasteiger partial charge in [0.05, 0.1) is 0 Å². The molecule has 1 fully saturated rings. The summed E-state index contributed by atoms with van der Waals surface area (Å²) in [5, 5.41) is 3.69. The Morgan fingerprint density at radius 1 is 1.31 bits per heavy atom. The summed E-state index contributed by atoms with van der Waals surface area (Å²) in [6.45, 7) is 15.4. The molecule has 16 heavy (non-hydrogen) atoms. The van der Waals surface area contributed by atoms with Gasteiger partial charge in [0.25, 0.3) is 0 Å². The summed E-state index contributed by atoms with van der Waals surface area (Å²) in [5.74, 6) is 0.735. The zero-order valence-corrected chi connectivity index (χ0v) is 11.8. The lowest BCUT2D eigenvalue weighted by Crippen LogP contribution is -2.50. The molecule has 0 aliphatic carbocycles. The molecular formula is C14H30N2. The van der Waals surface area contributed by atoms with Gasteiger partial charge in [0.2, 0.25) is 0 Å². The molecule has 1 aliphatic rings. The predicted molar refractivity (Wildman–Crippen MR) is 71.8 cm³/mol. The standard InChI is InChI=1S/C14H30N2/c1-6-14(5,7-2)16-10-8-9-15-13(11-16)12(3)4/h12-13,15H,6-11H2,1-5H3. The molecular weight excluding hydrogens is 196 g/mol. The van der Waals surface area contributed by atoms with Crippen molar-refractivity contribution < 1.29 is 0 Å². The van der Waals surface area contributed by atoms with Crippen molar-refractivity contribution in [3.05, 3.63) is 0 Å². The van der Waals surface area contributed by atoms with Gasteiger partial charge in [0.15, 0.2) is 0 Å². The van der Waals surface area contributed by atoms with Crippen LogP contribution in [0, 0.1) is 5.92 Å². The van der Waals surface area contributed by atoms with Crippen LogP contribution in [0.15, 0.2) is 0 Å². The highest BCUT2D eigenvalue weighted by atomic mass is 15.2. The first-order valence-corrected chi connectivity index (χ1v) is 7.02. The molecule has 1 saturated heterocycles. The van der Waals surface area contributed by atoms with E-state index in [-0.39, 0.29) is 0 Å². The molecule has 2 nitrogen and oxygen atoms in total. The number of rotatable bonds is 4. The Morgan fingerprint density at radius 3 is 2.44 bits per heavy atom. The third-order valence-electron chi connectivity index (χ3n) is 4.52. The van der Waals surface area contributed by atoms with Crippen molar-refractivity contribution in [2.75, 3.05) is 19.6 Å². The molecule has 0 amide bonds. The first kappa shape index (κ1) is 14.0. The van der Waals surface area contributed by atoms with Crippen molar-refractivity contribution in [2.45, 2.75) is 65.5 Å². The fourth-order valence-corrected chi connectivity index (χ4v) is 2.58. The molecule has 2 heteroatoms. The summed E-state index contributed by atoms with van der Waals surface area (Å²) in [4.78, 5) is 2.72. The van der Waals surface area contributed by atoms with Crippen LogP contribution >= 0.6 is 0 Å². The lowest BCUT2D eigenvalue weighted by atomic mass is 9.91. The van der Waals surface area contributed by atoms with Crippen LogP contribution in [-0.2, 0) is 0 Å². The van der Waals surface area contributed by atoms with E-state index >= 15 is 0 Å². The smallest absolute Gasteiger partial charge is 0.0218 e. The molecule has 0 spiro atoms. The Hall–Kier alpha value is -0.0800. The first-order valence-electron chi connectivity index (χ1n) is 7.02. The van der Waals surface area contributed by atoms with Gasteiger partial charge in [-0.3, -0.25) is 4.90 Å². The second-order valence-electron chi connectivity index (χ2n) is 5.81. The Morgan fingerprint density at radius 2 is 1.94 bits per heavy atom. The van der Waals surface area contributed by atoms with Crippen LogP contribution in [0.25, 0.3) is 0 Å². The summed E-state index contributed by atoms with van der Waals surface area (Å²) in [7, 11) is 0. The summed E-state index contributed by atoms with van der Waals surface area (Å²) < 4.78 is 0. The maximum absolute atomic E-state index is 3.69. The van der Waals surface area contributed by atoms with E-state index in [1.807, 2.05) is 0 Å². The molecule has 1 rings (SSSR count). The van der Waals surface area contributed by atoms with E-state index in [0.29, 0.717) is 11.6 Å². The van der Waals surface area contributed by atoms with Gasteiger partial charge < -0.3 is 5.32 Å². The molecule has 0 saturated carbocycles. The van der Waals surface area contributed by atoms with Gasteiger partial charge in [0.1, 0.15) is 0 Å². The largest absolute Gasteiger partial charge is 0.312 e. The van der Waals surface area contributed by atoms with E-state index in [4.69, 9.17) is 0 Å². The minimum Gasteiger partial charge on any atom is -0.312 e. The third-order valence-corrected chi connectivity index (χ3v) is 4.52. The van der Waals surface area contributed by atoms with Gasteiger partial charge in [-0.25, -0.2) is 0 Å². The molecule has 0 bridgehead atoms. The lowest BCUT2D eigenvalue weighted by molar-refractivity contribution is 0.0868. The second-order valence-corrected chi connectivity index (χ2v) is 5.81. The Labute approximate surface area is 102 Å². The molecule has 0 radical (unpaired) electrons. The summed E-state index contributed by atoms with van der Waals surface area (Å²) in [6, 6.07) is 0.667. The summed E-state index contributed by atoms with van der Waals surface area (Å²) in [5.41, 5.74) is 0.402. The maximum atomic E-state index is 3.69. The minimum atomic E-state index is 0.402. The average molecular weight is 226 g/mol. The van der Waals surface area contributed by atoms with Crippen LogP contribution in [0.5, 0.6) is 0 Å². The number of hydrogen-bond acceptors (Lipinski definition) is 2. The Balaban J connectivity index is 2.71. The van der Waals surface area contributed by atoms with Gasteiger partial charge in [-0.1, -0.05) is 27.7 Å². The van der Waals surface area contributed by atoms with Crippen molar-refractivity contribution in [2.24, 2.45) is 5.92 Å². The van der Waals surface area contributed by atoms with Crippen molar-refractivity contribution in [3.8, 4) is 0 Å². The summed E-state index contributed by atoms with van der Waals surface area (Å²) in [6.07, 6.45) is 3.81. The van der Waals surface area contributed by atoms with Crippen molar-refractivity contribution in [1.29, 1.82) is 0 Å². The monoisotopic (exact) mass is 226 g/mol. The molecule has 1 N–H and O–H groups in total.